The minimum atomic E-state index is -0.452. The van der Waals surface area contributed by atoms with Crippen molar-refractivity contribution < 1.29 is 14.9 Å². The highest BCUT2D eigenvalue weighted by atomic mass is 16.5. The standard InChI is InChI=1S/C20H28O3/c1-11(2)12-7-13-14(22)9-16-19(3,10-21)6-5-17-20(16,4)18(13)15(8-12)23-17/h7-8,11,14,16-17,21-22H,5-6,9-10H2,1-4H3/t14-,16?,17?,19+,20-/m1/s1. The van der Waals surface area contributed by atoms with Crippen molar-refractivity contribution in [2.75, 3.05) is 6.61 Å². The predicted molar refractivity (Wildman–Crippen MR) is 89.8 cm³/mol. The third-order valence-corrected chi connectivity index (χ3v) is 7.02. The van der Waals surface area contributed by atoms with Gasteiger partial charge in [-0.3, -0.25) is 0 Å². The lowest BCUT2D eigenvalue weighted by Crippen LogP contribution is -2.56. The first-order chi connectivity index (χ1) is 10.8. The fraction of sp³-hybridized carbons (Fsp3) is 0.700. The van der Waals surface area contributed by atoms with Gasteiger partial charge in [0.05, 0.1) is 6.10 Å². The molecule has 1 aromatic rings. The molecule has 5 atom stereocenters. The Kier molecular flexibility index (Phi) is 3.18. The van der Waals surface area contributed by atoms with E-state index in [1.807, 2.05) is 0 Å². The molecule has 1 heterocycles. The lowest BCUT2D eigenvalue weighted by atomic mass is 9.49. The lowest BCUT2D eigenvalue weighted by molar-refractivity contribution is -0.0789. The maximum absolute atomic E-state index is 10.9. The molecule has 0 aromatic heterocycles. The van der Waals surface area contributed by atoms with E-state index >= 15 is 0 Å². The number of rotatable bonds is 2. The van der Waals surface area contributed by atoms with Crippen molar-refractivity contribution in [3.05, 3.63) is 28.8 Å². The van der Waals surface area contributed by atoms with Gasteiger partial charge in [-0.15, -0.1) is 0 Å². The van der Waals surface area contributed by atoms with Crippen LogP contribution >= 0.6 is 0 Å². The van der Waals surface area contributed by atoms with Crippen LogP contribution in [0.1, 0.15) is 75.7 Å². The first-order valence-electron chi connectivity index (χ1n) is 8.95. The first kappa shape index (κ1) is 15.5. The summed E-state index contributed by atoms with van der Waals surface area (Å²) in [4.78, 5) is 0. The van der Waals surface area contributed by atoms with Gasteiger partial charge in [-0.1, -0.05) is 33.8 Å². The van der Waals surface area contributed by atoms with Crippen LogP contribution in [-0.4, -0.2) is 22.9 Å². The quantitative estimate of drug-likeness (QED) is 0.875. The Morgan fingerprint density at radius 2 is 2.04 bits per heavy atom. The van der Waals surface area contributed by atoms with Gasteiger partial charge in [0.15, 0.2) is 0 Å². The second-order valence-corrected chi connectivity index (χ2v) is 8.68. The predicted octanol–water partition coefficient (Wildman–Crippen LogP) is 3.67. The number of aliphatic hydroxyl groups is 2. The normalized spacial score (nSPS) is 40.9. The molecule has 126 valence electrons. The van der Waals surface area contributed by atoms with Crippen LogP contribution < -0.4 is 4.74 Å². The zero-order valence-electron chi connectivity index (χ0n) is 14.6. The monoisotopic (exact) mass is 316 g/mol. The summed E-state index contributed by atoms with van der Waals surface area (Å²) in [5.74, 6) is 1.65. The number of ether oxygens (including phenoxy) is 1. The first-order valence-corrected chi connectivity index (χ1v) is 8.95. The molecule has 0 saturated heterocycles. The van der Waals surface area contributed by atoms with Crippen LogP contribution in [0, 0.1) is 11.3 Å². The third kappa shape index (κ3) is 1.84. The number of hydrogen-bond donors (Lipinski definition) is 2. The molecule has 0 radical (unpaired) electrons. The fourth-order valence-corrected chi connectivity index (χ4v) is 5.55. The summed E-state index contributed by atoms with van der Waals surface area (Å²) in [7, 11) is 0. The fourth-order valence-electron chi connectivity index (χ4n) is 5.55. The van der Waals surface area contributed by atoms with E-state index in [0.717, 1.165) is 30.6 Å². The summed E-state index contributed by atoms with van der Waals surface area (Å²) >= 11 is 0. The van der Waals surface area contributed by atoms with Gasteiger partial charge in [-0.05, 0) is 53.7 Å². The van der Waals surface area contributed by atoms with Crippen LogP contribution in [0.2, 0.25) is 0 Å². The molecular formula is C20H28O3. The second kappa shape index (κ2) is 4.73. The average molecular weight is 316 g/mol. The maximum atomic E-state index is 10.9. The van der Waals surface area contributed by atoms with Crippen molar-refractivity contribution in [1.29, 1.82) is 0 Å². The molecule has 2 unspecified atom stereocenters. The molecule has 3 heteroatoms. The Morgan fingerprint density at radius 1 is 1.30 bits per heavy atom. The van der Waals surface area contributed by atoms with E-state index in [9.17, 15) is 10.2 Å². The van der Waals surface area contributed by atoms with Crippen molar-refractivity contribution in [3.8, 4) is 5.75 Å². The van der Waals surface area contributed by atoms with Gasteiger partial charge < -0.3 is 14.9 Å². The van der Waals surface area contributed by atoms with Crippen molar-refractivity contribution in [3.63, 3.8) is 0 Å². The van der Waals surface area contributed by atoms with Crippen molar-refractivity contribution in [2.24, 2.45) is 11.3 Å². The molecule has 1 aliphatic heterocycles. The average Bonchev–Trinajstić information content (AvgIpc) is 2.82. The smallest absolute Gasteiger partial charge is 0.124 e. The molecule has 2 N–H and O–H groups in total. The molecular weight excluding hydrogens is 288 g/mol. The highest BCUT2D eigenvalue weighted by Crippen LogP contribution is 2.64. The van der Waals surface area contributed by atoms with Crippen LogP contribution in [0.5, 0.6) is 5.75 Å². The molecule has 1 saturated carbocycles. The van der Waals surface area contributed by atoms with E-state index in [2.05, 4.69) is 39.8 Å². The summed E-state index contributed by atoms with van der Waals surface area (Å²) in [6.07, 6.45) is 2.39. The minimum absolute atomic E-state index is 0.0882. The number of hydrogen-bond acceptors (Lipinski definition) is 3. The molecule has 4 rings (SSSR count). The Bertz CT molecular complexity index is 653. The van der Waals surface area contributed by atoms with Crippen LogP contribution in [0.15, 0.2) is 12.1 Å². The summed E-state index contributed by atoms with van der Waals surface area (Å²) in [6, 6.07) is 4.37. The molecule has 1 aromatic carbocycles. The summed E-state index contributed by atoms with van der Waals surface area (Å²) < 4.78 is 6.39. The lowest BCUT2D eigenvalue weighted by Gasteiger charge is -2.55. The zero-order valence-corrected chi connectivity index (χ0v) is 14.6. The van der Waals surface area contributed by atoms with E-state index in [4.69, 9.17) is 4.74 Å². The van der Waals surface area contributed by atoms with Gasteiger partial charge in [0.1, 0.15) is 11.9 Å². The summed E-state index contributed by atoms with van der Waals surface area (Å²) in [5.41, 5.74) is 3.30. The van der Waals surface area contributed by atoms with E-state index in [0.29, 0.717) is 5.92 Å². The van der Waals surface area contributed by atoms with Gasteiger partial charge in [0, 0.05) is 17.6 Å². The van der Waals surface area contributed by atoms with Crippen molar-refractivity contribution >= 4 is 0 Å². The number of benzene rings is 1. The molecule has 23 heavy (non-hydrogen) atoms. The highest BCUT2D eigenvalue weighted by Gasteiger charge is 2.62. The van der Waals surface area contributed by atoms with Gasteiger partial charge in [0.25, 0.3) is 0 Å². The Morgan fingerprint density at radius 3 is 2.70 bits per heavy atom. The SMILES string of the molecule is CC(C)c1cc2c3c(c1)[C@H](O)CC1[C@](C)(CO)CCC(O2)[C@]31C. The van der Waals surface area contributed by atoms with Crippen LogP contribution in [-0.2, 0) is 5.41 Å². The molecule has 3 aliphatic rings. The maximum Gasteiger partial charge on any atom is 0.124 e. The minimum Gasteiger partial charge on any atom is -0.489 e. The van der Waals surface area contributed by atoms with Crippen molar-refractivity contribution in [1.82, 2.24) is 0 Å². The van der Waals surface area contributed by atoms with Crippen molar-refractivity contribution in [2.45, 2.75) is 70.5 Å². The van der Waals surface area contributed by atoms with Crippen LogP contribution in [0.25, 0.3) is 0 Å². The highest BCUT2D eigenvalue weighted by molar-refractivity contribution is 5.56. The topological polar surface area (TPSA) is 49.7 Å². The van der Waals surface area contributed by atoms with E-state index in [1.165, 1.54) is 11.1 Å². The Balaban J connectivity index is 1.94. The molecule has 0 bridgehead atoms. The van der Waals surface area contributed by atoms with Gasteiger partial charge >= 0.3 is 0 Å². The molecule has 0 amide bonds. The molecule has 3 nitrogen and oxygen atoms in total. The Hall–Kier alpha value is -1.06. The molecule has 2 aliphatic carbocycles. The van der Waals surface area contributed by atoms with E-state index in [1.54, 1.807) is 0 Å². The van der Waals surface area contributed by atoms with Crippen LogP contribution in [0.3, 0.4) is 0 Å². The van der Waals surface area contributed by atoms with E-state index in [-0.39, 0.29) is 29.5 Å². The third-order valence-electron chi connectivity index (χ3n) is 7.02. The summed E-state index contributed by atoms with van der Waals surface area (Å²) in [6.45, 7) is 9.02. The summed E-state index contributed by atoms with van der Waals surface area (Å²) in [5, 5.41) is 20.9. The molecule has 0 spiro atoms. The Labute approximate surface area is 138 Å². The van der Waals surface area contributed by atoms with Gasteiger partial charge in [-0.2, -0.15) is 0 Å². The van der Waals surface area contributed by atoms with Gasteiger partial charge in [-0.25, -0.2) is 0 Å². The van der Waals surface area contributed by atoms with Crippen LogP contribution in [0.4, 0.5) is 0 Å². The van der Waals surface area contributed by atoms with E-state index < -0.39 is 6.10 Å². The van der Waals surface area contributed by atoms with Gasteiger partial charge in [0.2, 0.25) is 0 Å². The zero-order chi connectivity index (χ0) is 16.6. The second-order valence-electron chi connectivity index (χ2n) is 8.68. The number of aliphatic hydroxyl groups excluding tert-OH is 2. The molecule has 1 fully saturated rings. The largest absolute Gasteiger partial charge is 0.489 e.